The maximum atomic E-state index is 12.3. The zero-order valence-corrected chi connectivity index (χ0v) is 17.4. The number of amides is 1. The average molecular weight is 387 g/mol. The van der Waals surface area contributed by atoms with Crippen molar-refractivity contribution < 1.29 is 4.79 Å². The minimum atomic E-state index is 0.00648. The first-order valence-electron chi connectivity index (χ1n) is 10.5. The van der Waals surface area contributed by atoms with Gasteiger partial charge in [0.05, 0.1) is 0 Å². The van der Waals surface area contributed by atoms with E-state index in [1.165, 1.54) is 35.1 Å². The first-order chi connectivity index (χ1) is 14.1. The maximum Gasteiger partial charge on any atom is 0.251 e. The lowest BCUT2D eigenvalue weighted by Crippen LogP contribution is -2.24. The van der Waals surface area contributed by atoms with E-state index in [9.17, 15) is 4.79 Å². The van der Waals surface area contributed by atoms with Gasteiger partial charge in [0.25, 0.3) is 5.91 Å². The van der Waals surface area contributed by atoms with Crippen molar-refractivity contribution in [3.63, 3.8) is 0 Å². The van der Waals surface area contributed by atoms with Gasteiger partial charge in [0, 0.05) is 24.5 Å². The Balaban J connectivity index is 1.37. The van der Waals surface area contributed by atoms with Gasteiger partial charge in [-0.2, -0.15) is 0 Å². The molecule has 0 aliphatic carbocycles. The van der Waals surface area contributed by atoms with E-state index < -0.39 is 0 Å². The van der Waals surface area contributed by atoms with Crippen LogP contribution in [0.1, 0.15) is 52.7 Å². The minimum Gasteiger partial charge on any atom is -0.352 e. The second-order valence-electron chi connectivity index (χ2n) is 7.66. The molecule has 150 valence electrons. The summed E-state index contributed by atoms with van der Waals surface area (Å²) in [6, 6.07) is 18.4. The van der Waals surface area contributed by atoms with Crippen LogP contribution in [0.15, 0.2) is 67.0 Å². The fourth-order valence-electron chi connectivity index (χ4n) is 3.39. The molecule has 1 aromatic heterocycles. The number of carbonyl (C=O) groups is 1. The number of carbonyl (C=O) groups excluding carboxylic acids is 1. The molecule has 1 amide bonds. The molecular weight excluding hydrogens is 356 g/mol. The maximum absolute atomic E-state index is 12.3. The van der Waals surface area contributed by atoms with Gasteiger partial charge < -0.3 is 5.32 Å². The molecule has 3 rings (SSSR count). The molecule has 0 atom stereocenters. The normalized spacial score (nSPS) is 10.7. The van der Waals surface area contributed by atoms with Crippen molar-refractivity contribution >= 4 is 5.91 Å². The smallest absolute Gasteiger partial charge is 0.251 e. The van der Waals surface area contributed by atoms with Gasteiger partial charge in [-0.1, -0.05) is 49.2 Å². The van der Waals surface area contributed by atoms with Crippen LogP contribution in [0.3, 0.4) is 0 Å². The molecule has 1 N–H and O–H groups in total. The van der Waals surface area contributed by atoms with Crippen molar-refractivity contribution in [2.24, 2.45) is 0 Å². The molecule has 2 aromatic carbocycles. The first kappa shape index (κ1) is 20.8. The fourth-order valence-corrected chi connectivity index (χ4v) is 3.39. The van der Waals surface area contributed by atoms with E-state index in [1.54, 1.807) is 0 Å². The third-order valence-corrected chi connectivity index (χ3v) is 5.39. The molecule has 3 nitrogen and oxygen atoms in total. The molecule has 0 fully saturated rings. The Morgan fingerprint density at radius 2 is 1.62 bits per heavy atom. The Labute approximate surface area is 174 Å². The summed E-state index contributed by atoms with van der Waals surface area (Å²) in [5, 5.41) is 3.03. The van der Waals surface area contributed by atoms with Gasteiger partial charge in [0.2, 0.25) is 0 Å². The summed E-state index contributed by atoms with van der Waals surface area (Å²) in [4.78, 5) is 16.5. The Morgan fingerprint density at radius 3 is 2.34 bits per heavy atom. The topological polar surface area (TPSA) is 42.0 Å². The Morgan fingerprint density at radius 1 is 0.862 bits per heavy atom. The van der Waals surface area contributed by atoms with Crippen molar-refractivity contribution in [1.29, 1.82) is 0 Å². The lowest BCUT2D eigenvalue weighted by atomic mass is 9.99. The van der Waals surface area contributed by atoms with E-state index in [2.05, 4.69) is 48.4 Å². The molecule has 0 spiro atoms. The number of unbranched alkanes of at least 4 members (excludes halogenated alkanes) is 3. The predicted octanol–water partition coefficient (Wildman–Crippen LogP) is 5.90. The van der Waals surface area contributed by atoms with Crippen LogP contribution in [0.5, 0.6) is 0 Å². The number of hydrogen-bond acceptors (Lipinski definition) is 2. The third kappa shape index (κ3) is 6.28. The molecule has 0 aliphatic rings. The van der Waals surface area contributed by atoms with Gasteiger partial charge in [0.1, 0.15) is 0 Å². The van der Waals surface area contributed by atoms with Gasteiger partial charge in [-0.15, -0.1) is 0 Å². The van der Waals surface area contributed by atoms with Crippen molar-refractivity contribution in [2.45, 2.75) is 46.0 Å². The second-order valence-corrected chi connectivity index (χ2v) is 7.66. The van der Waals surface area contributed by atoms with Gasteiger partial charge in [-0.3, -0.25) is 9.78 Å². The van der Waals surface area contributed by atoms with Crippen molar-refractivity contribution in [1.82, 2.24) is 10.3 Å². The number of pyridine rings is 1. The number of benzene rings is 2. The van der Waals surface area contributed by atoms with Crippen LogP contribution >= 0.6 is 0 Å². The predicted molar refractivity (Wildman–Crippen MR) is 120 cm³/mol. The highest BCUT2D eigenvalue weighted by atomic mass is 16.1. The number of nitrogens with zero attached hydrogens (tertiary/aromatic N) is 1. The minimum absolute atomic E-state index is 0.00648. The van der Waals surface area contributed by atoms with Crippen LogP contribution < -0.4 is 5.32 Å². The molecule has 3 heteroatoms. The highest BCUT2D eigenvalue weighted by Crippen LogP contribution is 2.22. The van der Waals surface area contributed by atoms with E-state index in [4.69, 9.17) is 0 Å². The molecule has 0 saturated carbocycles. The van der Waals surface area contributed by atoms with Crippen LogP contribution in [0.2, 0.25) is 0 Å². The number of aromatic nitrogens is 1. The second kappa shape index (κ2) is 10.6. The zero-order valence-electron chi connectivity index (χ0n) is 17.4. The van der Waals surface area contributed by atoms with Crippen LogP contribution in [-0.4, -0.2) is 17.4 Å². The lowest BCUT2D eigenvalue weighted by Gasteiger charge is -2.08. The molecule has 3 aromatic rings. The number of nitrogens with one attached hydrogen (secondary N) is 1. The fraction of sp³-hybridized carbons (Fsp3) is 0.308. The third-order valence-electron chi connectivity index (χ3n) is 5.39. The van der Waals surface area contributed by atoms with Crippen molar-refractivity contribution in [2.75, 3.05) is 6.54 Å². The van der Waals surface area contributed by atoms with E-state index >= 15 is 0 Å². The average Bonchev–Trinajstić information content (AvgIpc) is 2.75. The highest BCUT2D eigenvalue weighted by molar-refractivity contribution is 5.94. The van der Waals surface area contributed by atoms with Gasteiger partial charge >= 0.3 is 0 Å². The van der Waals surface area contributed by atoms with Gasteiger partial charge in [0.15, 0.2) is 0 Å². The number of hydrogen-bond donors (Lipinski definition) is 1. The molecule has 0 unspecified atom stereocenters. The van der Waals surface area contributed by atoms with Crippen molar-refractivity contribution in [3.05, 3.63) is 89.2 Å². The monoisotopic (exact) mass is 386 g/mol. The Bertz CT molecular complexity index is 917. The van der Waals surface area contributed by atoms with E-state index in [0.717, 1.165) is 31.4 Å². The van der Waals surface area contributed by atoms with E-state index in [-0.39, 0.29) is 5.91 Å². The van der Waals surface area contributed by atoms with Crippen LogP contribution in [-0.2, 0) is 6.42 Å². The number of rotatable bonds is 9. The lowest BCUT2D eigenvalue weighted by molar-refractivity contribution is 0.0953. The van der Waals surface area contributed by atoms with Crippen LogP contribution in [0.25, 0.3) is 11.1 Å². The van der Waals surface area contributed by atoms with E-state index in [1.807, 2.05) is 42.7 Å². The quantitative estimate of drug-likeness (QED) is 0.465. The van der Waals surface area contributed by atoms with Crippen LogP contribution in [0.4, 0.5) is 0 Å². The molecule has 29 heavy (non-hydrogen) atoms. The number of aryl methyl sites for hydroxylation is 3. The summed E-state index contributed by atoms with van der Waals surface area (Å²) in [7, 11) is 0. The highest BCUT2D eigenvalue weighted by Gasteiger charge is 2.06. The molecular formula is C26H30N2O. The largest absolute Gasteiger partial charge is 0.352 e. The molecule has 1 heterocycles. The molecule has 0 radical (unpaired) electrons. The summed E-state index contributed by atoms with van der Waals surface area (Å²) in [6.07, 6.45) is 9.31. The Kier molecular flexibility index (Phi) is 7.57. The molecule has 0 saturated heterocycles. The molecule has 0 aliphatic heterocycles. The van der Waals surface area contributed by atoms with E-state index in [0.29, 0.717) is 5.56 Å². The van der Waals surface area contributed by atoms with Crippen molar-refractivity contribution in [3.8, 4) is 11.1 Å². The summed E-state index contributed by atoms with van der Waals surface area (Å²) in [5.74, 6) is 0.00648. The SMILES string of the molecule is Cc1ccc(-c2ccc(C(=O)NCCCCCCc3cccnc3)cc2)cc1C. The van der Waals surface area contributed by atoms with Crippen LogP contribution in [0, 0.1) is 13.8 Å². The van der Waals surface area contributed by atoms with Gasteiger partial charge in [-0.25, -0.2) is 0 Å². The summed E-state index contributed by atoms with van der Waals surface area (Å²) in [5.41, 5.74) is 6.91. The summed E-state index contributed by atoms with van der Waals surface area (Å²) < 4.78 is 0. The summed E-state index contributed by atoms with van der Waals surface area (Å²) in [6.45, 7) is 4.97. The zero-order chi connectivity index (χ0) is 20.5. The summed E-state index contributed by atoms with van der Waals surface area (Å²) >= 11 is 0. The Hall–Kier alpha value is -2.94. The standard InChI is InChI=1S/C26H30N2O/c1-20-10-11-25(18-21(20)2)23-12-14-24(15-13-23)26(29)28-17-6-4-3-5-8-22-9-7-16-27-19-22/h7,9-16,18-19H,3-6,8,17H2,1-2H3,(H,28,29). The first-order valence-corrected chi connectivity index (χ1v) is 10.5. The molecule has 0 bridgehead atoms. The van der Waals surface area contributed by atoms with Gasteiger partial charge in [-0.05, 0) is 79.1 Å².